The minimum atomic E-state index is -4.49. The second-order valence-corrected chi connectivity index (χ2v) is 9.77. The zero-order valence-corrected chi connectivity index (χ0v) is 21.1. The van der Waals surface area contributed by atoms with Gasteiger partial charge in [-0.25, -0.2) is 27.7 Å². The van der Waals surface area contributed by atoms with Crippen LogP contribution in [0.15, 0.2) is 23.1 Å². The molecule has 0 bridgehead atoms. The fraction of sp³-hybridized carbons (Fsp3) is 0.545. The standard InChI is InChI=1S/C22H25F5N8O4/c1-20(2,22(25,26)27)5-4-13(31-17(36)16-18(38-3)33-39-32-16)14-9-35-15(30-14)6-12(7-29-35)8-34-11-21(23,24)10-28-19(34)37/h6-7,9,13H,4-5,8,10-11H2,1-3H3,(H,28,37)(H,31,36)/t13-/m0/s1. The average Bonchev–Trinajstić information content (AvgIpc) is 3.50. The first-order valence-electron chi connectivity index (χ1n) is 11.7. The highest BCUT2D eigenvalue weighted by Crippen LogP contribution is 2.42. The summed E-state index contributed by atoms with van der Waals surface area (Å²) in [6, 6.07) is -0.172. The lowest BCUT2D eigenvalue weighted by Crippen LogP contribution is -2.56. The number of halogens is 5. The third-order valence-electron chi connectivity index (χ3n) is 6.33. The van der Waals surface area contributed by atoms with Crippen molar-refractivity contribution < 1.29 is 40.9 Å². The first-order valence-corrected chi connectivity index (χ1v) is 11.7. The van der Waals surface area contributed by atoms with E-state index in [4.69, 9.17) is 4.74 Å². The molecule has 1 fully saturated rings. The van der Waals surface area contributed by atoms with Crippen LogP contribution in [0.2, 0.25) is 0 Å². The number of ether oxygens (including phenoxy) is 1. The Morgan fingerprint density at radius 2 is 2.05 bits per heavy atom. The fourth-order valence-electron chi connectivity index (χ4n) is 3.88. The molecule has 0 radical (unpaired) electrons. The van der Waals surface area contributed by atoms with E-state index >= 15 is 0 Å². The van der Waals surface area contributed by atoms with E-state index in [1.54, 1.807) is 0 Å². The summed E-state index contributed by atoms with van der Waals surface area (Å²) >= 11 is 0. The number of nitrogens with one attached hydrogen (secondary N) is 2. The van der Waals surface area contributed by atoms with Gasteiger partial charge in [-0.15, -0.1) is 0 Å². The number of nitrogens with zero attached hydrogens (tertiary/aromatic N) is 6. The van der Waals surface area contributed by atoms with Crippen molar-refractivity contribution in [1.29, 1.82) is 0 Å². The number of methoxy groups -OCH3 is 1. The zero-order valence-electron chi connectivity index (χ0n) is 21.1. The highest BCUT2D eigenvalue weighted by molar-refractivity contribution is 5.94. The van der Waals surface area contributed by atoms with Gasteiger partial charge in [0.15, 0.2) is 5.65 Å². The summed E-state index contributed by atoms with van der Waals surface area (Å²) in [5.41, 5.74) is -1.57. The molecule has 4 rings (SSSR count). The molecule has 12 nitrogen and oxygen atoms in total. The number of fused-ring (bicyclic) bond motifs is 1. The van der Waals surface area contributed by atoms with Crippen LogP contribution in [0.3, 0.4) is 0 Å². The van der Waals surface area contributed by atoms with Gasteiger partial charge in [0.25, 0.3) is 17.7 Å². The molecule has 17 heteroatoms. The number of carbonyl (C=O) groups excluding carboxylic acids is 2. The first-order chi connectivity index (χ1) is 18.2. The van der Waals surface area contributed by atoms with Crippen molar-refractivity contribution in [3.8, 4) is 5.88 Å². The van der Waals surface area contributed by atoms with Crippen LogP contribution in [0.5, 0.6) is 5.88 Å². The van der Waals surface area contributed by atoms with Crippen molar-refractivity contribution in [3.05, 3.63) is 35.4 Å². The van der Waals surface area contributed by atoms with Crippen LogP contribution >= 0.6 is 0 Å². The molecule has 1 saturated heterocycles. The molecule has 0 unspecified atom stereocenters. The van der Waals surface area contributed by atoms with Gasteiger partial charge in [-0.05, 0) is 34.8 Å². The third-order valence-corrected chi connectivity index (χ3v) is 6.33. The van der Waals surface area contributed by atoms with Gasteiger partial charge in [-0.1, -0.05) is 13.8 Å². The maximum atomic E-state index is 13.7. The smallest absolute Gasteiger partial charge is 0.393 e. The molecule has 1 aliphatic rings. The lowest BCUT2D eigenvalue weighted by Gasteiger charge is -2.32. The van der Waals surface area contributed by atoms with Gasteiger partial charge >= 0.3 is 12.2 Å². The Morgan fingerprint density at radius 3 is 2.74 bits per heavy atom. The van der Waals surface area contributed by atoms with Crippen LogP contribution < -0.4 is 15.4 Å². The largest absolute Gasteiger partial charge is 0.477 e. The molecule has 3 aromatic rings. The molecule has 1 aliphatic heterocycles. The SMILES string of the molecule is COc1nonc1C(=O)N[C@@H](CCC(C)(C)C(F)(F)F)c1cn2ncc(CN3CC(F)(F)CNC3=O)cc2n1. The molecular weight excluding hydrogens is 535 g/mol. The molecular formula is C22H25F5N8O4. The number of carbonyl (C=O) groups is 2. The summed E-state index contributed by atoms with van der Waals surface area (Å²) in [5, 5.41) is 15.8. The van der Waals surface area contributed by atoms with Crippen molar-refractivity contribution in [1.82, 2.24) is 40.4 Å². The van der Waals surface area contributed by atoms with Crippen molar-refractivity contribution in [2.75, 3.05) is 20.2 Å². The Balaban J connectivity index is 1.59. The quantitative estimate of drug-likeness (QED) is 0.381. The summed E-state index contributed by atoms with van der Waals surface area (Å²) in [6.45, 7) is 0.402. The monoisotopic (exact) mass is 560 g/mol. The Bertz CT molecular complexity index is 1360. The minimum Gasteiger partial charge on any atom is -0.477 e. The normalized spacial score (nSPS) is 16.7. The molecule has 39 heavy (non-hydrogen) atoms. The predicted octanol–water partition coefficient (Wildman–Crippen LogP) is 3.12. The van der Waals surface area contributed by atoms with Crippen LogP contribution in [-0.2, 0) is 6.54 Å². The highest BCUT2D eigenvalue weighted by Gasteiger charge is 2.47. The van der Waals surface area contributed by atoms with Crippen LogP contribution in [0.1, 0.15) is 54.5 Å². The number of imidazole rings is 1. The number of amides is 3. The number of alkyl halides is 5. The van der Waals surface area contributed by atoms with E-state index < -0.39 is 48.6 Å². The van der Waals surface area contributed by atoms with Crippen molar-refractivity contribution in [2.24, 2.45) is 5.41 Å². The van der Waals surface area contributed by atoms with E-state index in [1.807, 2.05) is 0 Å². The van der Waals surface area contributed by atoms with E-state index in [-0.39, 0.29) is 42.3 Å². The highest BCUT2D eigenvalue weighted by atomic mass is 19.4. The van der Waals surface area contributed by atoms with Crippen molar-refractivity contribution in [3.63, 3.8) is 0 Å². The number of aromatic nitrogens is 5. The Hall–Kier alpha value is -4.05. The molecule has 2 N–H and O–H groups in total. The van der Waals surface area contributed by atoms with Gasteiger partial charge < -0.3 is 20.3 Å². The third kappa shape index (κ3) is 6.17. The molecule has 212 valence electrons. The van der Waals surface area contributed by atoms with Crippen molar-refractivity contribution in [2.45, 2.75) is 51.4 Å². The molecule has 3 amide bonds. The number of hydrogen-bond donors (Lipinski definition) is 2. The van der Waals surface area contributed by atoms with Gasteiger partial charge in [-0.2, -0.15) is 18.3 Å². The van der Waals surface area contributed by atoms with E-state index in [1.165, 1.54) is 30.1 Å². The Morgan fingerprint density at radius 1 is 1.31 bits per heavy atom. The van der Waals surface area contributed by atoms with Gasteiger partial charge in [0, 0.05) is 6.54 Å². The first kappa shape index (κ1) is 28.0. The molecule has 4 heterocycles. The summed E-state index contributed by atoms with van der Waals surface area (Å²) in [5.74, 6) is -4.12. The number of rotatable bonds is 9. The van der Waals surface area contributed by atoms with E-state index in [0.717, 1.165) is 18.7 Å². The molecule has 0 aromatic carbocycles. The average molecular weight is 560 g/mol. The molecule has 3 aromatic heterocycles. The summed E-state index contributed by atoms with van der Waals surface area (Å²) in [6.07, 6.45) is -2.24. The second-order valence-electron chi connectivity index (χ2n) is 9.77. The number of hydrogen-bond acceptors (Lipinski definition) is 8. The van der Waals surface area contributed by atoms with Crippen molar-refractivity contribution >= 4 is 17.6 Å². The molecule has 0 aliphatic carbocycles. The fourth-order valence-corrected chi connectivity index (χ4v) is 3.88. The van der Waals surface area contributed by atoms with Gasteiger partial charge in [0.1, 0.15) is 0 Å². The predicted molar refractivity (Wildman–Crippen MR) is 122 cm³/mol. The summed E-state index contributed by atoms with van der Waals surface area (Å²) < 4.78 is 78.7. The second kappa shape index (κ2) is 10.3. The zero-order chi connectivity index (χ0) is 28.6. The van der Waals surface area contributed by atoms with Crippen LogP contribution in [0, 0.1) is 5.41 Å². The van der Waals surface area contributed by atoms with Crippen LogP contribution in [0.4, 0.5) is 26.7 Å². The molecule has 1 atom stereocenters. The van der Waals surface area contributed by atoms with E-state index in [2.05, 4.69) is 35.7 Å². The maximum absolute atomic E-state index is 13.7. The minimum absolute atomic E-state index is 0.161. The topological polar surface area (TPSA) is 140 Å². The van der Waals surface area contributed by atoms with E-state index in [0.29, 0.717) is 5.56 Å². The van der Waals surface area contributed by atoms with Gasteiger partial charge in [0.2, 0.25) is 5.69 Å². The lowest BCUT2D eigenvalue weighted by molar-refractivity contribution is -0.214. The Kier molecular flexibility index (Phi) is 7.36. The van der Waals surface area contributed by atoms with Gasteiger partial charge in [0.05, 0.1) is 49.7 Å². The van der Waals surface area contributed by atoms with E-state index in [9.17, 15) is 31.5 Å². The summed E-state index contributed by atoms with van der Waals surface area (Å²) in [4.78, 5) is 30.2. The molecule has 0 saturated carbocycles. The lowest BCUT2D eigenvalue weighted by atomic mass is 9.85. The maximum Gasteiger partial charge on any atom is 0.393 e. The molecule has 0 spiro atoms. The number of urea groups is 1. The van der Waals surface area contributed by atoms with Crippen LogP contribution in [0.25, 0.3) is 5.65 Å². The van der Waals surface area contributed by atoms with Gasteiger partial charge in [-0.3, -0.25) is 4.79 Å². The van der Waals surface area contributed by atoms with Crippen LogP contribution in [-0.4, -0.2) is 74.0 Å². The summed E-state index contributed by atoms with van der Waals surface area (Å²) in [7, 11) is 1.24. The Labute approximate surface area is 217 Å².